The standard InChI is InChI=1S/C16H26N2O2S/c1-11-4-6-15(7-5-11)18-21(19,20)16-9-14(10-17)8-12(2)13(16)3/h8-9,11,15,18H,4-7,10,17H2,1-3H3. The van der Waals surface area contributed by atoms with Gasteiger partial charge in [0.15, 0.2) is 0 Å². The van der Waals surface area contributed by atoms with Crippen LogP contribution >= 0.6 is 0 Å². The molecule has 2 rings (SSSR count). The highest BCUT2D eigenvalue weighted by atomic mass is 32.2. The highest BCUT2D eigenvalue weighted by molar-refractivity contribution is 7.89. The Morgan fingerprint density at radius 3 is 2.38 bits per heavy atom. The van der Waals surface area contributed by atoms with E-state index in [1.807, 2.05) is 19.9 Å². The van der Waals surface area contributed by atoms with Crippen LogP contribution in [0.3, 0.4) is 0 Å². The van der Waals surface area contributed by atoms with Gasteiger partial charge in [-0.25, -0.2) is 13.1 Å². The van der Waals surface area contributed by atoms with E-state index in [-0.39, 0.29) is 6.04 Å². The molecule has 21 heavy (non-hydrogen) atoms. The smallest absolute Gasteiger partial charge is 0.241 e. The minimum Gasteiger partial charge on any atom is -0.326 e. The number of rotatable bonds is 4. The van der Waals surface area contributed by atoms with Crippen LogP contribution in [0.25, 0.3) is 0 Å². The predicted octanol–water partition coefficient (Wildman–Crippen LogP) is 2.62. The van der Waals surface area contributed by atoms with Gasteiger partial charge in [0.05, 0.1) is 4.90 Å². The summed E-state index contributed by atoms with van der Waals surface area (Å²) in [6, 6.07) is 3.72. The first kappa shape index (κ1) is 16.5. The van der Waals surface area contributed by atoms with Gasteiger partial charge in [-0.3, -0.25) is 0 Å². The van der Waals surface area contributed by atoms with Crippen molar-refractivity contribution in [2.24, 2.45) is 11.7 Å². The maximum Gasteiger partial charge on any atom is 0.241 e. The molecule has 1 aliphatic carbocycles. The summed E-state index contributed by atoms with van der Waals surface area (Å²) in [4.78, 5) is 0.376. The SMILES string of the molecule is Cc1cc(CN)cc(S(=O)(=O)NC2CCC(C)CC2)c1C. The third kappa shape index (κ3) is 3.84. The number of benzene rings is 1. The van der Waals surface area contributed by atoms with E-state index in [2.05, 4.69) is 11.6 Å². The topological polar surface area (TPSA) is 72.2 Å². The molecule has 0 radical (unpaired) electrons. The van der Waals surface area contributed by atoms with Gasteiger partial charge in [0.2, 0.25) is 10.0 Å². The zero-order valence-corrected chi connectivity index (χ0v) is 14.0. The zero-order chi connectivity index (χ0) is 15.6. The normalized spacial score (nSPS) is 23.2. The van der Waals surface area contributed by atoms with Crippen molar-refractivity contribution in [3.8, 4) is 0 Å². The van der Waals surface area contributed by atoms with E-state index in [9.17, 15) is 8.42 Å². The molecule has 0 aliphatic heterocycles. The zero-order valence-electron chi connectivity index (χ0n) is 13.1. The van der Waals surface area contributed by atoms with Gasteiger partial charge in [0, 0.05) is 12.6 Å². The minimum atomic E-state index is -3.47. The maximum atomic E-state index is 12.7. The Morgan fingerprint density at radius 2 is 1.81 bits per heavy atom. The van der Waals surface area contributed by atoms with Crippen LogP contribution in [0.4, 0.5) is 0 Å². The molecule has 0 unspecified atom stereocenters. The van der Waals surface area contributed by atoms with Gasteiger partial charge >= 0.3 is 0 Å². The summed E-state index contributed by atoms with van der Waals surface area (Å²) in [5.41, 5.74) is 8.30. The van der Waals surface area contributed by atoms with Gasteiger partial charge < -0.3 is 5.73 Å². The van der Waals surface area contributed by atoms with Gasteiger partial charge in [-0.1, -0.05) is 13.0 Å². The molecule has 3 N–H and O–H groups in total. The van der Waals surface area contributed by atoms with E-state index in [0.717, 1.165) is 42.4 Å². The molecule has 0 heterocycles. The summed E-state index contributed by atoms with van der Waals surface area (Å²) in [6.07, 6.45) is 4.03. The van der Waals surface area contributed by atoms with Gasteiger partial charge in [0.1, 0.15) is 0 Å². The lowest BCUT2D eigenvalue weighted by Gasteiger charge is -2.27. The van der Waals surface area contributed by atoms with Gasteiger partial charge in [-0.05, 0) is 68.2 Å². The molecule has 1 saturated carbocycles. The monoisotopic (exact) mass is 310 g/mol. The Kier molecular flexibility index (Phi) is 5.07. The van der Waals surface area contributed by atoms with Crippen molar-refractivity contribution in [1.82, 2.24) is 4.72 Å². The van der Waals surface area contributed by atoms with Crippen molar-refractivity contribution in [2.75, 3.05) is 0 Å². The first-order chi connectivity index (χ1) is 9.83. The Labute approximate surface area is 128 Å². The fourth-order valence-corrected chi connectivity index (χ4v) is 4.63. The van der Waals surface area contributed by atoms with Crippen molar-refractivity contribution >= 4 is 10.0 Å². The highest BCUT2D eigenvalue weighted by Crippen LogP contribution is 2.26. The maximum absolute atomic E-state index is 12.7. The fraction of sp³-hybridized carbons (Fsp3) is 0.625. The van der Waals surface area contributed by atoms with Crippen molar-refractivity contribution < 1.29 is 8.42 Å². The summed E-state index contributed by atoms with van der Waals surface area (Å²) in [5, 5.41) is 0. The Bertz CT molecular complexity index is 603. The second-order valence-corrected chi connectivity index (χ2v) is 8.00. The van der Waals surface area contributed by atoms with Crippen LogP contribution in [-0.4, -0.2) is 14.5 Å². The number of nitrogens with one attached hydrogen (secondary N) is 1. The quantitative estimate of drug-likeness (QED) is 0.898. The van der Waals surface area contributed by atoms with Gasteiger partial charge in [-0.15, -0.1) is 0 Å². The number of nitrogens with two attached hydrogens (primary N) is 1. The molecule has 0 bridgehead atoms. The van der Waals surface area contributed by atoms with E-state index < -0.39 is 10.0 Å². The highest BCUT2D eigenvalue weighted by Gasteiger charge is 2.25. The summed E-state index contributed by atoms with van der Waals surface area (Å²) >= 11 is 0. The molecule has 118 valence electrons. The molecule has 4 nitrogen and oxygen atoms in total. The second kappa shape index (κ2) is 6.46. The molecule has 0 aromatic heterocycles. The van der Waals surface area contributed by atoms with Crippen LogP contribution in [0.15, 0.2) is 17.0 Å². The molecule has 5 heteroatoms. The molecule has 0 saturated heterocycles. The molecule has 0 spiro atoms. The molecule has 1 aromatic carbocycles. The third-order valence-electron chi connectivity index (χ3n) is 4.54. The van der Waals surface area contributed by atoms with Crippen LogP contribution in [0.5, 0.6) is 0 Å². The number of hydrogen-bond donors (Lipinski definition) is 2. The van der Waals surface area contributed by atoms with E-state index in [1.165, 1.54) is 0 Å². The van der Waals surface area contributed by atoms with E-state index in [1.54, 1.807) is 6.07 Å². The second-order valence-electron chi connectivity index (χ2n) is 6.32. The van der Waals surface area contributed by atoms with Crippen LogP contribution in [0.1, 0.15) is 49.3 Å². The Morgan fingerprint density at radius 1 is 1.19 bits per heavy atom. The molecule has 0 atom stereocenters. The van der Waals surface area contributed by atoms with Crippen molar-refractivity contribution in [2.45, 2.75) is 63.9 Å². The summed E-state index contributed by atoms with van der Waals surface area (Å²) < 4.78 is 28.2. The summed E-state index contributed by atoms with van der Waals surface area (Å²) in [7, 11) is -3.47. The van der Waals surface area contributed by atoms with E-state index in [4.69, 9.17) is 5.73 Å². The molecule has 0 amide bonds. The van der Waals surface area contributed by atoms with Crippen LogP contribution in [0, 0.1) is 19.8 Å². The van der Waals surface area contributed by atoms with Crippen molar-refractivity contribution in [1.29, 1.82) is 0 Å². The fourth-order valence-electron chi connectivity index (χ4n) is 2.96. The molecular weight excluding hydrogens is 284 g/mol. The van der Waals surface area contributed by atoms with Crippen LogP contribution in [0.2, 0.25) is 0 Å². The van der Waals surface area contributed by atoms with Crippen LogP contribution < -0.4 is 10.5 Å². The predicted molar refractivity (Wildman–Crippen MR) is 85.5 cm³/mol. The average Bonchev–Trinajstić information content (AvgIpc) is 2.43. The largest absolute Gasteiger partial charge is 0.326 e. The minimum absolute atomic E-state index is 0.0624. The molecule has 1 aromatic rings. The lowest BCUT2D eigenvalue weighted by atomic mass is 9.88. The Hall–Kier alpha value is -0.910. The van der Waals surface area contributed by atoms with Gasteiger partial charge in [0.25, 0.3) is 0 Å². The molecule has 1 aliphatic rings. The van der Waals surface area contributed by atoms with Crippen molar-refractivity contribution in [3.05, 3.63) is 28.8 Å². The lowest BCUT2D eigenvalue weighted by molar-refractivity contribution is 0.332. The lowest BCUT2D eigenvalue weighted by Crippen LogP contribution is -2.37. The number of sulfonamides is 1. The third-order valence-corrected chi connectivity index (χ3v) is 6.19. The van der Waals surface area contributed by atoms with Crippen molar-refractivity contribution in [3.63, 3.8) is 0 Å². The number of aryl methyl sites for hydroxylation is 1. The first-order valence-corrected chi connectivity index (χ1v) is 9.14. The van der Waals surface area contributed by atoms with Crippen LogP contribution in [-0.2, 0) is 16.6 Å². The molecule has 1 fully saturated rings. The first-order valence-electron chi connectivity index (χ1n) is 7.66. The molecular formula is C16H26N2O2S. The average molecular weight is 310 g/mol. The van der Waals surface area contributed by atoms with E-state index >= 15 is 0 Å². The summed E-state index contributed by atoms with van der Waals surface area (Å²) in [5.74, 6) is 0.704. The van der Waals surface area contributed by atoms with E-state index in [0.29, 0.717) is 17.4 Å². The Balaban J connectivity index is 2.25. The summed E-state index contributed by atoms with van der Waals surface area (Å²) in [6.45, 7) is 6.36. The number of hydrogen-bond acceptors (Lipinski definition) is 3. The van der Waals surface area contributed by atoms with Gasteiger partial charge in [-0.2, -0.15) is 0 Å².